The summed E-state index contributed by atoms with van der Waals surface area (Å²) in [7, 11) is 0. The Morgan fingerprint density at radius 2 is 2.29 bits per heavy atom. The second-order valence-electron chi connectivity index (χ2n) is 2.63. The maximum absolute atomic E-state index is 10.9. The number of esters is 1. The summed E-state index contributed by atoms with van der Waals surface area (Å²) in [6.45, 7) is 2.32. The van der Waals surface area contributed by atoms with Crippen LogP contribution in [0.4, 0.5) is 0 Å². The Balaban J connectivity index is 3.52. The van der Waals surface area contributed by atoms with E-state index in [-0.39, 0.29) is 6.61 Å². The van der Waals surface area contributed by atoms with Crippen molar-refractivity contribution in [3.05, 3.63) is 12.2 Å². The van der Waals surface area contributed by atoms with Crippen LogP contribution in [0.15, 0.2) is 12.2 Å². The highest BCUT2D eigenvalue weighted by Gasteiger charge is 1.92. The van der Waals surface area contributed by atoms with Gasteiger partial charge in [-0.1, -0.05) is 31.4 Å². The maximum Gasteiger partial charge on any atom is 0.384 e. The molecule has 0 heterocycles. The summed E-state index contributed by atoms with van der Waals surface area (Å²) >= 11 is 5.38. The molecule has 0 unspecified atom stereocenters. The first-order valence-electron chi connectivity index (χ1n) is 4.67. The average Bonchev–Trinajstić information content (AvgIpc) is 2.19. The molecule has 0 bridgehead atoms. The third kappa shape index (κ3) is 9.15. The molecule has 2 nitrogen and oxygen atoms in total. The first kappa shape index (κ1) is 13.1. The van der Waals surface area contributed by atoms with Crippen molar-refractivity contribution in [2.75, 3.05) is 12.5 Å². The Morgan fingerprint density at radius 3 is 2.93 bits per heavy atom. The fourth-order valence-corrected chi connectivity index (χ4v) is 0.817. The Morgan fingerprint density at radius 1 is 1.50 bits per heavy atom. The number of ether oxygens (including phenoxy) is 1. The number of hydrogen-bond donors (Lipinski definition) is 0. The van der Waals surface area contributed by atoms with Crippen molar-refractivity contribution in [1.82, 2.24) is 0 Å². The molecule has 0 aliphatic heterocycles. The number of rotatable bonds is 5. The summed E-state index contributed by atoms with van der Waals surface area (Å²) in [6.07, 6.45) is 6.27. The molecule has 14 heavy (non-hydrogen) atoms. The van der Waals surface area contributed by atoms with Gasteiger partial charge in [-0.25, -0.2) is 4.79 Å². The monoisotopic (exact) mass is 214 g/mol. The van der Waals surface area contributed by atoms with Crippen LogP contribution in [-0.2, 0) is 9.53 Å². The number of carbonyl (C=O) groups excluding carboxylic acids is 1. The van der Waals surface area contributed by atoms with Crippen LogP contribution in [0.25, 0.3) is 0 Å². The van der Waals surface area contributed by atoms with Crippen LogP contribution in [0, 0.1) is 11.8 Å². The molecule has 0 saturated heterocycles. The number of alkyl halides is 1. The van der Waals surface area contributed by atoms with Gasteiger partial charge >= 0.3 is 5.97 Å². The van der Waals surface area contributed by atoms with E-state index in [1.54, 1.807) is 12.2 Å². The minimum Gasteiger partial charge on any atom is -0.452 e. The molecule has 0 fully saturated rings. The lowest BCUT2D eigenvalue weighted by Crippen LogP contribution is -2.00. The smallest absolute Gasteiger partial charge is 0.384 e. The van der Waals surface area contributed by atoms with Crippen molar-refractivity contribution in [3.63, 3.8) is 0 Å². The van der Waals surface area contributed by atoms with E-state index < -0.39 is 5.97 Å². The number of hydrogen-bond acceptors (Lipinski definition) is 2. The Bertz CT molecular complexity index is 235. The van der Waals surface area contributed by atoms with Gasteiger partial charge in [0.1, 0.15) is 6.61 Å². The zero-order valence-electron chi connectivity index (χ0n) is 8.38. The molecule has 0 rings (SSSR count). The molecule has 0 saturated carbocycles. The molecule has 0 spiro atoms. The van der Waals surface area contributed by atoms with Crippen LogP contribution < -0.4 is 0 Å². The third-order valence-electron chi connectivity index (χ3n) is 1.41. The molecule has 0 atom stereocenters. The predicted octanol–water partition coefficient (Wildman–Crippen LogP) is 2.52. The Kier molecular flexibility index (Phi) is 9.46. The van der Waals surface area contributed by atoms with Gasteiger partial charge in [-0.05, 0) is 6.42 Å². The van der Waals surface area contributed by atoms with Gasteiger partial charge in [0.05, 0.1) is 0 Å². The average molecular weight is 215 g/mol. The SMILES string of the molecule is CCCCC#CC(=O)OC/C=C/CCl. The van der Waals surface area contributed by atoms with Crippen LogP contribution in [0.1, 0.15) is 26.2 Å². The van der Waals surface area contributed by atoms with E-state index in [4.69, 9.17) is 16.3 Å². The largest absolute Gasteiger partial charge is 0.452 e. The maximum atomic E-state index is 10.9. The summed E-state index contributed by atoms with van der Waals surface area (Å²) in [6, 6.07) is 0. The van der Waals surface area contributed by atoms with Crippen LogP contribution >= 0.6 is 11.6 Å². The highest BCUT2D eigenvalue weighted by atomic mass is 35.5. The standard InChI is InChI=1S/C11H15ClO2/c1-2-3-4-5-8-11(13)14-10-7-6-9-12/h6-7H,2-4,9-10H2,1H3/b7-6+. The fourth-order valence-electron chi connectivity index (χ4n) is 0.691. The predicted molar refractivity (Wildman–Crippen MR) is 58.1 cm³/mol. The summed E-state index contributed by atoms with van der Waals surface area (Å²) in [5.74, 6) is 5.13. The number of carbonyl (C=O) groups is 1. The minimum absolute atomic E-state index is 0.244. The van der Waals surface area contributed by atoms with Crippen molar-refractivity contribution in [3.8, 4) is 11.8 Å². The van der Waals surface area contributed by atoms with Crippen molar-refractivity contribution >= 4 is 17.6 Å². The van der Waals surface area contributed by atoms with Gasteiger partial charge in [0.15, 0.2) is 0 Å². The quantitative estimate of drug-likeness (QED) is 0.176. The molecule has 0 aromatic carbocycles. The topological polar surface area (TPSA) is 26.3 Å². The van der Waals surface area contributed by atoms with Crippen LogP contribution in [0.2, 0.25) is 0 Å². The Labute approximate surface area is 90.3 Å². The van der Waals surface area contributed by atoms with E-state index >= 15 is 0 Å². The number of unbranched alkanes of at least 4 members (excludes halogenated alkanes) is 2. The number of allylic oxidation sites excluding steroid dienone is 1. The molecular weight excluding hydrogens is 200 g/mol. The highest BCUT2D eigenvalue weighted by Crippen LogP contribution is 1.90. The van der Waals surface area contributed by atoms with Crippen molar-refractivity contribution in [1.29, 1.82) is 0 Å². The minimum atomic E-state index is -0.472. The highest BCUT2D eigenvalue weighted by molar-refractivity contribution is 6.18. The van der Waals surface area contributed by atoms with Crippen LogP contribution in [0.3, 0.4) is 0 Å². The Hall–Kier alpha value is -0.940. The molecule has 78 valence electrons. The van der Waals surface area contributed by atoms with Gasteiger partial charge in [-0.15, -0.1) is 11.6 Å². The van der Waals surface area contributed by atoms with Gasteiger partial charge in [-0.3, -0.25) is 0 Å². The lowest BCUT2D eigenvalue weighted by molar-refractivity contribution is -0.135. The molecule has 0 amide bonds. The number of halogens is 1. The first-order valence-corrected chi connectivity index (χ1v) is 5.21. The first-order chi connectivity index (χ1) is 6.81. The van der Waals surface area contributed by atoms with Gasteiger partial charge < -0.3 is 4.74 Å². The van der Waals surface area contributed by atoms with Gasteiger partial charge in [0, 0.05) is 18.2 Å². The van der Waals surface area contributed by atoms with Crippen LogP contribution in [-0.4, -0.2) is 18.5 Å². The van der Waals surface area contributed by atoms with Gasteiger partial charge in [0.25, 0.3) is 0 Å². The van der Waals surface area contributed by atoms with Gasteiger partial charge in [-0.2, -0.15) is 0 Å². The van der Waals surface area contributed by atoms with Crippen molar-refractivity contribution in [2.45, 2.75) is 26.2 Å². The molecule has 0 radical (unpaired) electrons. The van der Waals surface area contributed by atoms with E-state index in [1.165, 1.54) is 0 Å². The van der Waals surface area contributed by atoms with E-state index in [1.807, 2.05) is 0 Å². The van der Waals surface area contributed by atoms with E-state index in [9.17, 15) is 4.79 Å². The second-order valence-corrected chi connectivity index (χ2v) is 2.94. The van der Waals surface area contributed by atoms with Gasteiger partial charge in [0.2, 0.25) is 0 Å². The zero-order valence-corrected chi connectivity index (χ0v) is 9.14. The van der Waals surface area contributed by atoms with E-state index in [0.29, 0.717) is 5.88 Å². The normalized spacial score (nSPS) is 9.57. The van der Waals surface area contributed by atoms with Crippen LogP contribution in [0.5, 0.6) is 0 Å². The molecule has 0 aromatic heterocycles. The van der Waals surface area contributed by atoms with Crippen molar-refractivity contribution in [2.24, 2.45) is 0 Å². The summed E-state index contributed by atoms with van der Waals surface area (Å²) < 4.78 is 4.77. The molecule has 0 N–H and O–H groups in total. The summed E-state index contributed by atoms with van der Waals surface area (Å²) in [5.41, 5.74) is 0. The third-order valence-corrected chi connectivity index (χ3v) is 1.59. The van der Waals surface area contributed by atoms with Crippen molar-refractivity contribution < 1.29 is 9.53 Å². The molecule has 0 aromatic rings. The molecule has 0 aliphatic carbocycles. The lowest BCUT2D eigenvalue weighted by atomic mass is 10.2. The fraction of sp³-hybridized carbons (Fsp3) is 0.545. The zero-order chi connectivity index (χ0) is 10.6. The molecule has 0 aliphatic rings. The molecule has 3 heteroatoms. The molecular formula is C11H15ClO2. The van der Waals surface area contributed by atoms with E-state index in [2.05, 4.69) is 18.8 Å². The lowest BCUT2D eigenvalue weighted by Gasteiger charge is -1.92. The summed E-state index contributed by atoms with van der Waals surface area (Å²) in [5, 5.41) is 0. The summed E-state index contributed by atoms with van der Waals surface area (Å²) in [4.78, 5) is 10.9. The second kappa shape index (κ2) is 10.1. The van der Waals surface area contributed by atoms with E-state index in [0.717, 1.165) is 19.3 Å².